The number of hydrogen-bond donors (Lipinski definition) is 3. The van der Waals surface area contributed by atoms with Crippen LogP contribution in [0.15, 0.2) is 30.3 Å². The van der Waals surface area contributed by atoms with Gasteiger partial charge >= 0.3 is 0 Å². The van der Waals surface area contributed by atoms with Crippen molar-refractivity contribution in [3.8, 4) is 0 Å². The molecule has 1 aromatic carbocycles. The van der Waals surface area contributed by atoms with Crippen LogP contribution in [0.25, 0.3) is 6.08 Å². The van der Waals surface area contributed by atoms with E-state index in [4.69, 9.17) is 5.84 Å². The van der Waals surface area contributed by atoms with Crippen molar-refractivity contribution in [1.29, 1.82) is 0 Å². The number of carbonyl (C=O) groups is 1. The summed E-state index contributed by atoms with van der Waals surface area (Å²) in [5, 5.41) is 3.07. The molecule has 4 N–H and O–H groups in total. The molecule has 0 aliphatic heterocycles. The molecule has 0 aliphatic carbocycles. The molecule has 0 saturated heterocycles. The monoisotopic (exact) mass is 219 g/mol. The Morgan fingerprint density at radius 1 is 1.38 bits per heavy atom. The van der Waals surface area contributed by atoms with Crippen LogP contribution in [-0.4, -0.2) is 19.5 Å². The van der Waals surface area contributed by atoms with Crippen molar-refractivity contribution in [2.45, 2.75) is 6.42 Å². The van der Waals surface area contributed by atoms with Crippen LogP contribution in [0, 0.1) is 0 Å². The van der Waals surface area contributed by atoms with Gasteiger partial charge in [-0.25, -0.2) is 5.84 Å². The highest BCUT2D eigenvalue weighted by Gasteiger charge is 2.00. The zero-order chi connectivity index (χ0) is 11.8. The van der Waals surface area contributed by atoms with Gasteiger partial charge in [0.15, 0.2) is 0 Å². The minimum absolute atomic E-state index is 0.272. The van der Waals surface area contributed by atoms with Crippen molar-refractivity contribution < 1.29 is 4.79 Å². The number of benzene rings is 1. The normalized spacial score (nSPS) is 10.6. The Kier molecular flexibility index (Phi) is 5.25. The Balaban J connectivity index is 2.57. The number of nitrogens with one attached hydrogen (secondary N) is 2. The number of rotatable bonds is 5. The summed E-state index contributed by atoms with van der Waals surface area (Å²) in [5.74, 6) is 4.76. The number of hydrogen-bond acceptors (Lipinski definition) is 3. The largest absolute Gasteiger partial charge is 0.319 e. The molecule has 4 nitrogen and oxygen atoms in total. The second kappa shape index (κ2) is 6.76. The number of carbonyl (C=O) groups excluding carboxylic acids is 1. The van der Waals surface area contributed by atoms with Crippen LogP contribution in [0.4, 0.5) is 0 Å². The molecule has 0 heterocycles. The van der Waals surface area contributed by atoms with E-state index < -0.39 is 0 Å². The van der Waals surface area contributed by atoms with Gasteiger partial charge in [-0.3, -0.25) is 10.2 Å². The standard InChI is InChI=1S/C12H17N3O/c1-14-9-3-2-4-10-5-7-11(8-6-10)12(16)15-13/h2,4-8,14H,3,9,13H2,1H3,(H,15,16). The molecule has 0 unspecified atom stereocenters. The van der Waals surface area contributed by atoms with E-state index in [1.54, 1.807) is 12.1 Å². The van der Waals surface area contributed by atoms with E-state index in [2.05, 4.69) is 16.8 Å². The molecule has 0 atom stereocenters. The lowest BCUT2D eigenvalue weighted by Crippen LogP contribution is -2.29. The fourth-order valence-corrected chi connectivity index (χ4v) is 1.28. The number of amides is 1. The van der Waals surface area contributed by atoms with Crippen molar-refractivity contribution in [3.63, 3.8) is 0 Å². The predicted molar refractivity (Wildman–Crippen MR) is 65.7 cm³/mol. The predicted octanol–water partition coefficient (Wildman–Crippen LogP) is 0.913. The highest BCUT2D eigenvalue weighted by atomic mass is 16.2. The summed E-state index contributed by atoms with van der Waals surface area (Å²) in [6.45, 7) is 0.962. The summed E-state index contributed by atoms with van der Waals surface area (Å²) < 4.78 is 0. The topological polar surface area (TPSA) is 67.2 Å². The summed E-state index contributed by atoms with van der Waals surface area (Å²) in [4.78, 5) is 11.2. The third-order valence-corrected chi connectivity index (χ3v) is 2.18. The van der Waals surface area contributed by atoms with Gasteiger partial charge in [0.05, 0.1) is 0 Å². The highest BCUT2D eigenvalue weighted by Crippen LogP contribution is 2.06. The second-order valence-electron chi connectivity index (χ2n) is 3.39. The van der Waals surface area contributed by atoms with Gasteiger partial charge in [-0.1, -0.05) is 24.3 Å². The van der Waals surface area contributed by atoms with Gasteiger partial charge in [0.1, 0.15) is 0 Å². The minimum Gasteiger partial charge on any atom is -0.319 e. The van der Waals surface area contributed by atoms with Crippen LogP contribution in [0.2, 0.25) is 0 Å². The highest BCUT2D eigenvalue weighted by molar-refractivity contribution is 5.93. The van der Waals surface area contributed by atoms with Crippen molar-refractivity contribution in [2.75, 3.05) is 13.6 Å². The van der Waals surface area contributed by atoms with Crippen molar-refractivity contribution in [2.24, 2.45) is 5.84 Å². The average Bonchev–Trinajstić information content (AvgIpc) is 2.34. The first-order chi connectivity index (χ1) is 7.77. The van der Waals surface area contributed by atoms with E-state index in [-0.39, 0.29) is 5.91 Å². The van der Waals surface area contributed by atoms with Gasteiger partial charge in [0, 0.05) is 5.56 Å². The van der Waals surface area contributed by atoms with E-state index in [0.717, 1.165) is 18.5 Å². The Bertz CT molecular complexity index is 357. The molecule has 0 radical (unpaired) electrons. The second-order valence-corrected chi connectivity index (χ2v) is 3.39. The molecule has 0 aromatic heterocycles. The van der Waals surface area contributed by atoms with Crippen LogP contribution in [0.1, 0.15) is 22.3 Å². The molecule has 0 bridgehead atoms. The molecule has 0 fully saturated rings. The molecule has 0 saturated carbocycles. The number of nitrogen functional groups attached to an aromatic ring is 1. The van der Waals surface area contributed by atoms with E-state index in [9.17, 15) is 4.79 Å². The van der Waals surface area contributed by atoms with Crippen LogP contribution in [0.5, 0.6) is 0 Å². The summed E-state index contributed by atoms with van der Waals surface area (Å²) >= 11 is 0. The van der Waals surface area contributed by atoms with Crippen molar-refractivity contribution in [3.05, 3.63) is 41.5 Å². The third kappa shape index (κ3) is 3.84. The first-order valence-corrected chi connectivity index (χ1v) is 5.20. The first-order valence-electron chi connectivity index (χ1n) is 5.20. The number of nitrogens with two attached hydrogens (primary N) is 1. The molecule has 4 heteroatoms. The molecule has 1 amide bonds. The van der Waals surface area contributed by atoms with E-state index >= 15 is 0 Å². The lowest BCUT2D eigenvalue weighted by Gasteiger charge is -1.99. The molecule has 16 heavy (non-hydrogen) atoms. The van der Waals surface area contributed by atoms with Crippen molar-refractivity contribution >= 4 is 12.0 Å². The summed E-state index contributed by atoms with van der Waals surface area (Å²) in [6, 6.07) is 7.28. The van der Waals surface area contributed by atoms with Crippen LogP contribution >= 0.6 is 0 Å². The van der Waals surface area contributed by atoms with Gasteiger partial charge in [-0.05, 0) is 37.7 Å². The molecule has 0 aliphatic rings. The molecule has 1 rings (SSSR count). The average molecular weight is 219 g/mol. The zero-order valence-electron chi connectivity index (χ0n) is 9.36. The number of hydrazine groups is 1. The van der Waals surface area contributed by atoms with Gasteiger partial charge in [0.25, 0.3) is 5.91 Å². The van der Waals surface area contributed by atoms with Crippen LogP contribution < -0.4 is 16.6 Å². The summed E-state index contributed by atoms with van der Waals surface area (Å²) in [7, 11) is 1.92. The fraction of sp³-hybridized carbons (Fsp3) is 0.250. The lowest BCUT2D eigenvalue weighted by molar-refractivity contribution is 0.0953. The smallest absolute Gasteiger partial charge is 0.265 e. The Morgan fingerprint density at radius 2 is 2.06 bits per heavy atom. The molecule has 86 valence electrons. The first kappa shape index (κ1) is 12.4. The SMILES string of the molecule is CNCCC=Cc1ccc(C(=O)NN)cc1. The quantitative estimate of drug-likeness (QED) is 0.298. The molecular formula is C12H17N3O. The van der Waals surface area contributed by atoms with Crippen molar-refractivity contribution in [1.82, 2.24) is 10.7 Å². The Hall–Kier alpha value is -1.65. The van der Waals surface area contributed by atoms with Gasteiger partial charge in [0.2, 0.25) is 0 Å². The third-order valence-electron chi connectivity index (χ3n) is 2.18. The summed E-state index contributed by atoms with van der Waals surface area (Å²) in [6.07, 6.45) is 5.11. The van der Waals surface area contributed by atoms with Gasteiger partial charge in [-0.2, -0.15) is 0 Å². The maximum absolute atomic E-state index is 11.2. The zero-order valence-corrected chi connectivity index (χ0v) is 9.36. The van der Waals surface area contributed by atoms with Crippen LogP contribution in [0.3, 0.4) is 0 Å². The molecular weight excluding hydrogens is 202 g/mol. The lowest BCUT2D eigenvalue weighted by atomic mass is 10.1. The van der Waals surface area contributed by atoms with Gasteiger partial charge in [-0.15, -0.1) is 0 Å². The Labute approximate surface area is 95.5 Å². The maximum atomic E-state index is 11.2. The van der Waals surface area contributed by atoms with E-state index in [1.165, 1.54) is 0 Å². The fourth-order valence-electron chi connectivity index (χ4n) is 1.28. The van der Waals surface area contributed by atoms with Gasteiger partial charge < -0.3 is 5.32 Å². The van der Waals surface area contributed by atoms with Crippen LogP contribution in [-0.2, 0) is 0 Å². The van der Waals surface area contributed by atoms with E-state index in [0.29, 0.717) is 5.56 Å². The van der Waals surface area contributed by atoms with E-state index in [1.807, 2.05) is 25.3 Å². The summed E-state index contributed by atoms with van der Waals surface area (Å²) in [5.41, 5.74) is 3.73. The Morgan fingerprint density at radius 3 is 2.62 bits per heavy atom. The minimum atomic E-state index is -0.272. The maximum Gasteiger partial charge on any atom is 0.265 e. The molecule has 0 spiro atoms. The molecule has 1 aromatic rings.